The van der Waals surface area contributed by atoms with Gasteiger partial charge in [0.15, 0.2) is 0 Å². The van der Waals surface area contributed by atoms with Gasteiger partial charge in [-0.15, -0.1) is 0 Å². The highest BCUT2D eigenvalue weighted by Gasteiger charge is 2.27. The van der Waals surface area contributed by atoms with Crippen LogP contribution in [0, 0.1) is 5.92 Å². The maximum Gasteiger partial charge on any atom is 0.322 e. The van der Waals surface area contributed by atoms with Crippen molar-refractivity contribution in [1.29, 1.82) is 0 Å². The second-order valence-electron chi connectivity index (χ2n) is 3.97. The third-order valence-electron chi connectivity index (χ3n) is 3.07. The number of nitrogens with two attached hydrogens (primary N) is 1. The van der Waals surface area contributed by atoms with E-state index in [2.05, 4.69) is 0 Å². The zero-order valence-electron chi connectivity index (χ0n) is 8.78. The van der Waals surface area contributed by atoms with Gasteiger partial charge in [0, 0.05) is 13.1 Å². The molecule has 0 spiro atoms. The SMILES string of the molecule is CCN(CC1CCC1)C(CN)C(=O)O. The number of aliphatic carboxylic acids is 1. The molecule has 1 aliphatic rings. The maximum absolute atomic E-state index is 10.9. The first-order valence-electron chi connectivity index (χ1n) is 5.36. The third kappa shape index (κ3) is 2.69. The number of rotatable bonds is 6. The Morgan fingerprint density at radius 1 is 1.64 bits per heavy atom. The quantitative estimate of drug-likeness (QED) is 0.656. The highest BCUT2D eigenvalue weighted by atomic mass is 16.4. The first kappa shape index (κ1) is 11.5. The molecule has 1 rings (SSSR count). The molecular weight excluding hydrogens is 180 g/mol. The van der Waals surface area contributed by atoms with Crippen LogP contribution in [0.15, 0.2) is 0 Å². The monoisotopic (exact) mass is 200 g/mol. The molecular formula is C10H20N2O2. The average molecular weight is 200 g/mol. The lowest BCUT2D eigenvalue weighted by Crippen LogP contribution is -2.48. The molecule has 82 valence electrons. The molecule has 0 bridgehead atoms. The molecule has 0 aromatic heterocycles. The first-order chi connectivity index (χ1) is 6.69. The Bertz CT molecular complexity index is 193. The normalized spacial score (nSPS) is 19.4. The topological polar surface area (TPSA) is 66.6 Å². The van der Waals surface area contributed by atoms with Crippen LogP contribution in [0.25, 0.3) is 0 Å². The second kappa shape index (κ2) is 5.32. The van der Waals surface area contributed by atoms with Crippen LogP contribution in [0.4, 0.5) is 0 Å². The van der Waals surface area contributed by atoms with Crippen molar-refractivity contribution in [3.05, 3.63) is 0 Å². The molecule has 14 heavy (non-hydrogen) atoms. The summed E-state index contributed by atoms with van der Waals surface area (Å²) in [5.41, 5.74) is 5.46. The Balaban J connectivity index is 2.44. The van der Waals surface area contributed by atoms with E-state index in [4.69, 9.17) is 10.8 Å². The lowest BCUT2D eigenvalue weighted by molar-refractivity contribution is -0.143. The number of carboxylic acid groups (broad SMARTS) is 1. The van der Waals surface area contributed by atoms with Crippen LogP contribution in [-0.4, -0.2) is 41.7 Å². The van der Waals surface area contributed by atoms with E-state index in [0.29, 0.717) is 5.92 Å². The number of likely N-dealkylation sites (N-methyl/N-ethyl adjacent to an activating group) is 1. The Morgan fingerprint density at radius 2 is 2.29 bits per heavy atom. The Morgan fingerprint density at radius 3 is 2.57 bits per heavy atom. The van der Waals surface area contributed by atoms with Crippen molar-refractivity contribution in [3.8, 4) is 0 Å². The number of carbonyl (C=O) groups is 1. The van der Waals surface area contributed by atoms with Gasteiger partial charge < -0.3 is 10.8 Å². The fourth-order valence-corrected chi connectivity index (χ4v) is 1.89. The van der Waals surface area contributed by atoms with Crippen molar-refractivity contribution in [1.82, 2.24) is 4.90 Å². The van der Waals surface area contributed by atoms with Crippen molar-refractivity contribution in [3.63, 3.8) is 0 Å². The van der Waals surface area contributed by atoms with E-state index in [1.165, 1.54) is 19.3 Å². The van der Waals surface area contributed by atoms with Gasteiger partial charge in [-0.2, -0.15) is 0 Å². The predicted molar refractivity (Wildman–Crippen MR) is 55.1 cm³/mol. The van der Waals surface area contributed by atoms with Gasteiger partial charge in [-0.1, -0.05) is 13.3 Å². The summed E-state index contributed by atoms with van der Waals surface area (Å²) in [5, 5.41) is 8.96. The fraction of sp³-hybridized carbons (Fsp3) is 0.900. The van der Waals surface area contributed by atoms with Gasteiger partial charge in [-0.05, 0) is 25.3 Å². The molecule has 4 nitrogen and oxygen atoms in total. The Hall–Kier alpha value is -0.610. The molecule has 1 aliphatic carbocycles. The predicted octanol–water partition coefficient (Wildman–Crippen LogP) is 0.520. The van der Waals surface area contributed by atoms with Crippen LogP contribution in [-0.2, 0) is 4.79 Å². The number of hydrogen-bond donors (Lipinski definition) is 2. The minimum absolute atomic E-state index is 0.204. The maximum atomic E-state index is 10.9. The van der Waals surface area contributed by atoms with E-state index in [1.54, 1.807) is 0 Å². The van der Waals surface area contributed by atoms with Crippen molar-refractivity contribution in [2.75, 3.05) is 19.6 Å². The molecule has 1 unspecified atom stereocenters. The van der Waals surface area contributed by atoms with Crippen LogP contribution in [0.2, 0.25) is 0 Å². The van der Waals surface area contributed by atoms with Gasteiger partial charge in [-0.3, -0.25) is 9.69 Å². The second-order valence-corrected chi connectivity index (χ2v) is 3.97. The van der Waals surface area contributed by atoms with Gasteiger partial charge in [0.05, 0.1) is 0 Å². The van der Waals surface area contributed by atoms with Crippen molar-refractivity contribution in [2.45, 2.75) is 32.2 Å². The lowest BCUT2D eigenvalue weighted by Gasteiger charge is -2.34. The van der Waals surface area contributed by atoms with Gasteiger partial charge in [0.1, 0.15) is 6.04 Å². The summed E-state index contributed by atoms with van der Waals surface area (Å²) in [6.45, 7) is 3.86. The minimum Gasteiger partial charge on any atom is -0.480 e. The van der Waals surface area contributed by atoms with Gasteiger partial charge in [-0.25, -0.2) is 0 Å². The molecule has 1 fully saturated rings. The first-order valence-corrected chi connectivity index (χ1v) is 5.36. The molecule has 0 amide bonds. The zero-order valence-corrected chi connectivity index (χ0v) is 8.78. The molecule has 0 aromatic rings. The summed E-state index contributed by atoms with van der Waals surface area (Å²) < 4.78 is 0. The smallest absolute Gasteiger partial charge is 0.322 e. The molecule has 0 saturated heterocycles. The standard InChI is InChI=1S/C10H20N2O2/c1-2-12(7-8-4-3-5-8)9(6-11)10(13)14/h8-9H,2-7,11H2,1H3,(H,13,14). The van der Waals surface area contributed by atoms with E-state index >= 15 is 0 Å². The summed E-state index contributed by atoms with van der Waals surface area (Å²) in [7, 11) is 0. The van der Waals surface area contributed by atoms with Gasteiger partial charge in [0.25, 0.3) is 0 Å². The average Bonchev–Trinajstić information content (AvgIpc) is 2.08. The van der Waals surface area contributed by atoms with Crippen molar-refractivity contribution < 1.29 is 9.90 Å². The molecule has 0 radical (unpaired) electrons. The zero-order chi connectivity index (χ0) is 10.6. The minimum atomic E-state index is -0.798. The molecule has 4 heteroatoms. The number of carboxylic acids is 1. The van der Waals surface area contributed by atoms with Crippen molar-refractivity contribution >= 4 is 5.97 Å². The van der Waals surface area contributed by atoms with Crippen LogP contribution in [0.5, 0.6) is 0 Å². The van der Waals surface area contributed by atoms with E-state index < -0.39 is 12.0 Å². The van der Waals surface area contributed by atoms with E-state index in [0.717, 1.165) is 13.1 Å². The fourth-order valence-electron chi connectivity index (χ4n) is 1.89. The lowest BCUT2D eigenvalue weighted by atomic mass is 9.85. The van der Waals surface area contributed by atoms with Crippen LogP contribution >= 0.6 is 0 Å². The molecule has 0 aliphatic heterocycles. The van der Waals surface area contributed by atoms with E-state index in [1.807, 2.05) is 11.8 Å². The summed E-state index contributed by atoms with van der Waals surface area (Å²) in [4.78, 5) is 12.9. The number of nitrogens with zero attached hydrogens (tertiary/aromatic N) is 1. The molecule has 0 heterocycles. The Labute approximate surface area is 85.1 Å². The van der Waals surface area contributed by atoms with Crippen LogP contribution < -0.4 is 5.73 Å². The van der Waals surface area contributed by atoms with E-state index in [9.17, 15) is 4.79 Å². The molecule has 0 aromatic carbocycles. The summed E-state index contributed by atoms with van der Waals surface area (Å²) >= 11 is 0. The molecule has 3 N–H and O–H groups in total. The molecule has 1 atom stereocenters. The highest BCUT2D eigenvalue weighted by molar-refractivity contribution is 5.73. The third-order valence-corrected chi connectivity index (χ3v) is 3.07. The van der Waals surface area contributed by atoms with Crippen LogP contribution in [0.1, 0.15) is 26.2 Å². The summed E-state index contributed by atoms with van der Waals surface area (Å²) in [6, 6.07) is -0.499. The highest BCUT2D eigenvalue weighted by Crippen LogP contribution is 2.27. The molecule has 1 saturated carbocycles. The van der Waals surface area contributed by atoms with E-state index in [-0.39, 0.29) is 6.54 Å². The number of hydrogen-bond acceptors (Lipinski definition) is 3. The summed E-state index contributed by atoms with van der Waals surface area (Å²) in [6.07, 6.45) is 3.78. The van der Waals surface area contributed by atoms with Gasteiger partial charge >= 0.3 is 5.97 Å². The van der Waals surface area contributed by atoms with Crippen molar-refractivity contribution in [2.24, 2.45) is 11.7 Å². The summed E-state index contributed by atoms with van der Waals surface area (Å²) in [5.74, 6) is -0.1000. The Kier molecular flexibility index (Phi) is 4.35. The van der Waals surface area contributed by atoms with Crippen LogP contribution in [0.3, 0.4) is 0 Å². The largest absolute Gasteiger partial charge is 0.480 e. The van der Waals surface area contributed by atoms with Gasteiger partial charge in [0.2, 0.25) is 0 Å².